The first-order valence-corrected chi connectivity index (χ1v) is 9.19. The van der Waals surface area contributed by atoms with Crippen molar-refractivity contribution in [2.75, 3.05) is 11.1 Å². The van der Waals surface area contributed by atoms with E-state index in [-0.39, 0.29) is 24.8 Å². The predicted octanol–water partition coefficient (Wildman–Crippen LogP) is 2.38. The van der Waals surface area contributed by atoms with E-state index in [9.17, 15) is 19.5 Å². The molecule has 2 amide bonds. The molecule has 0 spiro atoms. The lowest BCUT2D eigenvalue weighted by Gasteiger charge is -2.34. The number of amides is 2. The number of carbonyl (C=O) groups excluding carboxylic acids is 2. The average molecular weight is 368 g/mol. The molecule has 0 fully saturated rings. The lowest BCUT2D eigenvalue weighted by Crippen LogP contribution is -2.48. The van der Waals surface area contributed by atoms with Crippen molar-refractivity contribution in [2.24, 2.45) is 0 Å². The number of carboxylic acid groups (broad SMARTS) is 1. The number of benzene rings is 2. The summed E-state index contributed by atoms with van der Waals surface area (Å²) in [7, 11) is 0. The summed E-state index contributed by atoms with van der Waals surface area (Å²) in [5, 5.41) is 12.4. The summed E-state index contributed by atoms with van der Waals surface area (Å²) in [6.07, 6.45) is 0.286. The molecule has 4 rings (SSSR count). The molecule has 0 bridgehead atoms. The van der Waals surface area contributed by atoms with Crippen LogP contribution in [0.15, 0.2) is 47.4 Å². The Morgan fingerprint density at radius 3 is 2.69 bits per heavy atom. The van der Waals surface area contributed by atoms with E-state index in [4.69, 9.17) is 0 Å². The van der Waals surface area contributed by atoms with Gasteiger partial charge in [0.05, 0.1) is 11.4 Å². The van der Waals surface area contributed by atoms with Crippen LogP contribution < -0.4 is 5.32 Å². The van der Waals surface area contributed by atoms with E-state index in [0.717, 1.165) is 16.0 Å². The van der Waals surface area contributed by atoms with Crippen LogP contribution in [0.1, 0.15) is 21.5 Å². The fourth-order valence-electron chi connectivity index (χ4n) is 3.34. The van der Waals surface area contributed by atoms with Crippen molar-refractivity contribution in [3.8, 4) is 0 Å². The van der Waals surface area contributed by atoms with Gasteiger partial charge in [0.25, 0.3) is 5.91 Å². The number of hydrogen-bond donors (Lipinski definition) is 2. The van der Waals surface area contributed by atoms with Crippen molar-refractivity contribution in [3.05, 3.63) is 59.2 Å². The highest BCUT2D eigenvalue weighted by molar-refractivity contribution is 8.00. The van der Waals surface area contributed by atoms with Crippen LogP contribution in [0.4, 0.5) is 5.69 Å². The first-order chi connectivity index (χ1) is 12.5. The van der Waals surface area contributed by atoms with Gasteiger partial charge in [0, 0.05) is 23.4 Å². The Morgan fingerprint density at radius 2 is 1.92 bits per heavy atom. The zero-order valence-electron chi connectivity index (χ0n) is 13.8. The maximum atomic E-state index is 13.0. The van der Waals surface area contributed by atoms with Crippen LogP contribution in [0.3, 0.4) is 0 Å². The van der Waals surface area contributed by atoms with E-state index in [1.165, 1.54) is 16.7 Å². The molecule has 132 valence electrons. The number of fused-ring (bicyclic) bond motifs is 2. The topological polar surface area (TPSA) is 86.7 Å². The minimum Gasteiger partial charge on any atom is -0.480 e. The fraction of sp³-hybridized carbons (Fsp3) is 0.211. The minimum absolute atomic E-state index is 0.109. The van der Waals surface area contributed by atoms with E-state index < -0.39 is 12.0 Å². The molecule has 2 N–H and O–H groups in total. The standard InChI is InChI=1S/C19H16N2O4S/c22-17-10-26-16-6-5-12(7-14(16)20-17)18(23)21-9-13-4-2-1-3-11(13)8-15(21)19(24)25/h1-7,15H,8-10H2,(H,20,22)(H,24,25)/t15-/m0/s1. The number of thioether (sulfide) groups is 1. The van der Waals surface area contributed by atoms with Crippen LogP contribution in [0.5, 0.6) is 0 Å². The molecule has 26 heavy (non-hydrogen) atoms. The van der Waals surface area contributed by atoms with Gasteiger partial charge in [-0.15, -0.1) is 11.8 Å². The quantitative estimate of drug-likeness (QED) is 0.850. The van der Waals surface area contributed by atoms with Gasteiger partial charge >= 0.3 is 5.97 Å². The lowest BCUT2D eigenvalue weighted by molar-refractivity contribution is -0.142. The number of nitrogens with one attached hydrogen (secondary N) is 1. The van der Waals surface area contributed by atoms with Crippen LogP contribution in [0, 0.1) is 0 Å². The SMILES string of the molecule is O=C1CSc2ccc(C(=O)N3Cc4ccccc4C[C@H]3C(=O)O)cc2N1. The molecular formula is C19H16N2O4S. The predicted molar refractivity (Wildman–Crippen MR) is 97.2 cm³/mol. The molecule has 2 aromatic carbocycles. The van der Waals surface area contributed by atoms with E-state index in [1.54, 1.807) is 18.2 Å². The molecule has 0 radical (unpaired) electrons. The molecule has 2 aliphatic heterocycles. The highest BCUT2D eigenvalue weighted by Crippen LogP contribution is 2.33. The van der Waals surface area contributed by atoms with Crippen molar-refractivity contribution in [3.63, 3.8) is 0 Å². The van der Waals surface area contributed by atoms with Crippen molar-refractivity contribution in [1.29, 1.82) is 0 Å². The van der Waals surface area contributed by atoms with Gasteiger partial charge in [0.15, 0.2) is 0 Å². The number of nitrogens with zero attached hydrogens (tertiary/aromatic N) is 1. The van der Waals surface area contributed by atoms with Crippen molar-refractivity contribution < 1.29 is 19.5 Å². The lowest BCUT2D eigenvalue weighted by atomic mass is 9.93. The number of hydrogen-bond acceptors (Lipinski definition) is 4. The number of carboxylic acids is 1. The Kier molecular flexibility index (Phi) is 4.16. The molecule has 2 aliphatic rings. The summed E-state index contributed by atoms with van der Waals surface area (Å²) in [5.41, 5.74) is 2.89. The molecule has 2 aromatic rings. The molecular weight excluding hydrogens is 352 g/mol. The first kappa shape index (κ1) is 16.7. The molecule has 2 heterocycles. The summed E-state index contributed by atoms with van der Waals surface area (Å²) in [5.74, 6) is -1.12. The molecule has 0 saturated heterocycles. The second-order valence-corrected chi connectivity index (χ2v) is 7.32. The van der Waals surface area contributed by atoms with E-state index >= 15 is 0 Å². The third kappa shape index (κ3) is 2.94. The van der Waals surface area contributed by atoms with Gasteiger partial charge in [-0.05, 0) is 29.3 Å². The van der Waals surface area contributed by atoms with Crippen molar-refractivity contribution in [2.45, 2.75) is 23.9 Å². The van der Waals surface area contributed by atoms with Crippen LogP contribution in [0.25, 0.3) is 0 Å². The third-order valence-electron chi connectivity index (χ3n) is 4.65. The summed E-state index contributed by atoms with van der Waals surface area (Å²) in [4.78, 5) is 38.6. The van der Waals surface area contributed by atoms with Gasteiger partial charge in [-0.2, -0.15) is 0 Å². The minimum atomic E-state index is -1.02. The first-order valence-electron chi connectivity index (χ1n) is 8.20. The average Bonchev–Trinajstić information content (AvgIpc) is 2.65. The monoisotopic (exact) mass is 368 g/mol. The molecule has 0 aliphatic carbocycles. The van der Waals surface area contributed by atoms with Gasteiger partial charge < -0.3 is 15.3 Å². The molecule has 0 saturated carbocycles. The molecule has 0 aromatic heterocycles. The van der Waals surface area contributed by atoms with Gasteiger partial charge in [0.2, 0.25) is 5.91 Å². The maximum Gasteiger partial charge on any atom is 0.326 e. The number of rotatable bonds is 2. The summed E-state index contributed by atoms with van der Waals surface area (Å²) < 4.78 is 0. The molecule has 7 heteroatoms. The highest BCUT2D eigenvalue weighted by Gasteiger charge is 2.35. The third-order valence-corrected chi connectivity index (χ3v) is 5.73. The molecule has 6 nitrogen and oxygen atoms in total. The molecule has 0 unspecified atom stereocenters. The Bertz CT molecular complexity index is 928. The van der Waals surface area contributed by atoms with E-state index in [2.05, 4.69) is 5.32 Å². The second-order valence-electron chi connectivity index (χ2n) is 6.31. The highest BCUT2D eigenvalue weighted by atomic mass is 32.2. The van der Waals surface area contributed by atoms with Crippen molar-refractivity contribution >= 4 is 35.2 Å². The maximum absolute atomic E-state index is 13.0. The van der Waals surface area contributed by atoms with Crippen LogP contribution in [-0.4, -0.2) is 39.6 Å². The Labute approximate surface area is 154 Å². The van der Waals surface area contributed by atoms with Gasteiger partial charge in [-0.1, -0.05) is 24.3 Å². The van der Waals surface area contributed by atoms with E-state index in [0.29, 0.717) is 17.0 Å². The number of aliphatic carboxylic acids is 1. The van der Waals surface area contributed by atoms with Crippen LogP contribution in [0.2, 0.25) is 0 Å². The van der Waals surface area contributed by atoms with Gasteiger partial charge in [-0.25, -0.2) is 4.79 Å². The fourth-order valence-corrected chi connectivity index (χ4v) is 4.13. The summed E-state index contributed by atoms with van der Waals surface area (Å²) >= 11 is 1.42. The Balaban J connectivity index is 1.67. The number of carbonyl (C=O) groups is 3. The van der Waals surface area contributed by atoms with Crippen LogP contribution in [-0.2, 0) is 22.6 Å². The van der Waals surface area contributed by atoms with E-state index in [1.807, 2.05) is 24.3 Å². The van der Waals surface area contributed by atoms with Crippen LogP contribution >= 0.6 is 11.8 Å². The normalized spacial score (nSPS) is 18.5. The zero-order chi connectivity index (χ0) is 18.3. The Hall–Kier alpha value is -2.80. The van der Waals surface area contributed by atoms with Gasteiger partial charge in [-0.3, -0.25) is 9.59 Å². The second kappa shape index (κ2) is 6.49. The summed E-state index contributed by atoms with van der Waals surface area (Å²) in [6.45, 7) is 0.254. The van der Waals surface area contributed by atoms with Crippen molar-refractivity contribution in [1.82, 2.24) is 4.90 Å². The zero-order valence-corrected chi connectivity index (χ0v) is 14.6. The molecule has 1 atom stereocenters. The largest absolute Gasteiger partial charge is 0.480 e. The summed E-state index contributed by atoms with van der Waals surface area (Å²) in [6, 6.07) is 11.8. The van der Waals surface area contributed by atoms with Gasteiger partial charge in [0.1, 0.15) is 6.04 Å². The smallest absolute Gasteiger partial charge is 0.326 e. The number of anilines is 1. The Morgan fingerprint density at radius 1 is 1.15 bits per heavy atom.